The summed E-state index contributed by atoms with van der Waals surface area (Å²) in [5.74, 6) is 0.671. The SMILES string of the molecule is CCC(=O)Nc1cncc(-c2cnc3n[nH]c(-c4nc5c(C6CC=C(C)S6)cccc5[nH]4)c3c2)c1. The summed E-state index contributed by atoms with van der Waals surface area (Å²) in [5, 5.41) is 11.6. The average Bonchev–Trinajstić information content (AvgIpc) is 3.61. The van der Waals surface area contributed by atoms with E-state index in [0.717, 1.165) is 45.5 Å². The Balaban J connectivity index is 1.40. The standard InChI is InChI=1S/C26H23N7OS/c1-3-22(34)29-17-9-15(11-27-13-17)16-10-19-24(32-33-25(19)28-12-16)26-30-20-6-4-5-18(23(20)31-26)21-8-7-14(2)35-21/h4-7,9-13,21H,3,8H2,1-2H3,(H,29,34)(H,30,31)(H,28,32,33). The molecule has 1 aliphatic rings. The van der Waals surface area contributed by atoms with Gasteiger partial charge in [0.25, 0.3) is 0 Å². The molecular formula is C26H23N7OS. The zero-order valence-electron chi connectivity index (χ0n) is 19.3. The van der Waals surface area contributed by atoms with E-state index in [1.165, 1.54) is 10.5 Å². The smallest absolute Gasteiger partial charge is 0.224 e. The van der Waals surface area contributed by atoms with Crippen LogP contribution in [0.3, 0.4) is 0 Å². The van der Waals surface area contributed by atoms with Gasteiger partial charge in [0.1, 0.15) is 5.69 Å². The van der Waals surface area contributed by atoms with Crippen LogP contribution in [0.15, 0.2) is 59.9 Å². The number of rotatable bonds is 5. The highest BCUT2D eigenvalue weighted by atomic mass is 32.2. The molecule has 1 aliphatic heterocycles. The third-order valence-electron chi connectivity index (χ3n) is 6.16. The Labute approximate surface area is 205 Å². The summed E-state index contributed by atoms with van der Waals surface area (Å²) in [5.41, 5.74) is 7.00. The monoisotopic (exact) mass is 481 g/mol. The first-order chi connectivity index (χ1) is 17.1. The van der Waals surface area contributed by atoms with Crippen molar-refractivity contribution in [1.82, 2.24) is 30.1 Å². The second-order valence-corrected chi connectivity index (χ2v) is 9.99. The maximum Gasteiger partial charge on any atom is 0.224 e. The van der Waals surface area contributed by atoms with Crippen LogP contribution in [0, 0.1) is 0 Å². The molecule has 1 amide bonds. The third kappa shape index (κ3) is 3.97. The number of H-pyrrole nitrogens is 2. The Morgan fingerprint density at radius 3 is 2.91 bits per heavy atom. The Bertz CT molecular complexity index is 1620. The lowest BCUT2D eigenvalue weighted by molar-refractivity contribution is -0.115. The van der Waals surface area contributed by atoms with Crippen LogP contribution < -0.4 is 5.32 Å². The molecule has 9 heteroatoms. The molecule has 5 heterocycles. The van der Waals surface area contributed by atoms with E-state index in [-0.39, 0.29) is 5.91 Å². The summed E-state index contributed by atoms with van der Waals surface area (Å²) in [7, 11) is 0. The lowest BCUT2D eigenvalue weighted by Crippen LogP contribution is -2.09. The number of aromatic amines is 2. The first-order valence-electron chi connectivity index (χ1n) is 11.5. The van der Waals surface area contributed by atoms with Gasteiger partial charge in [0.2, 0.25) is 5.91 Å². The van der Waals surface area contributed by atoms with Gasteiger partial charge < -0.3 is 10.3 Å². The molecule has 3 N–H and O–H groups in total. The Hall–Kier alpha value is -3.98. The van der Waals surface area contributed by atoms with Gasteiger partial charge in [0.05, 0.1) is 28.3 Å². The minimum atomic E-state index is -0.0548. The molecule has 6 rings (SSSR count). The number of nitrogens with one attached hydrogen (secondary N) is 3. The Kier molecular flexibility index (Phi) is 5.33. The summed E-state index contributed by atoms with van der Waals surface area (Å²) in [6, 6.07) is 10.2. The predicted molar refractivity (Wildman–Crippen MR) is 140 cm³/mol. The van der Waals surface area contributed by atoms with Crippen LogP contribution in [0.1, 0.15) is 37.5 Å². The fraction of sp³-hybridized carbons (Fsp3) is 0.192. The number of thioether (sulfide) groups is 1. The van der Waals surface area contributed by atoms with Crippen LogP contribution in [0.25, 0.3) is 44.7 Å². The Morgan fingerprint density at radius 1 is 1.20 bits per heavy atom. The number of aromatic nitrogens is 6. The van der Waals surface area contributed by atoms with Crippen LogP contribution in [0.2, 0.25) is 0 Å². The zero-order valence-corrected chi connectivity index (χ0v) is 20.1. The number of benzene rings is 1. The second-order valence-electron chi connectivity index (χ2n) is 8.54. The van der Waals surface area contributed by atoms with E-state index in [0.29, 0.717) is 23.0 Å². The molecule has 0 radical (unpaired) electrons. The van der Waals surface area contributed by atoms with E-state index in [1.807, 2.05) is 30.8 Å². The summed E-state index contributed by atoms with van der Waals surface area (Å²) in [6.45, 7) is 3.97. The van der Waals surface area contributed by atoms with Gasteiger partial charge in [-0.1, -0.05) is 25.1 Å². The van der Waals surface area contributed by atoms with E-state index in [1.54, 1.807) is 18.6 Å². The number of nitrogens with zero attached hydrogens (tertiary/aromatic N) is 4. The maximum absolute atomic E-state index is 11.8. The molecule has 0 aliphatic carbocycles. The number of pyridine rings is 2. The molecule has 1 unspecified atom stereocenters. The number of carbonyl (C=O) groups excluding carboxylic acids is 1. The van der Waals surface area contributed by atoms with Gasteiger partial charge in [0.15, 0.2) is 11.5 Å². The van der Waals surface area contributed by atoms with Crippen molar-refractivity contribution >= 4 is 45.4 Å². The number of amides is 1. The van der Waals surface area contributed by atoms with Crippen molar-refractivity contribution in [1.29, 1.82) is 0 Å². The molecule has 0 bridgehead atoms. The number of anilines is 1. The number of allylic oxidation sites excluding steroid dienone is 2. The van der Waals surface area contributed by atoms with Crippen molar-refractivity contribution in [3.8, 4) is 22.6 Å². The zero-order chi connectivity index (χ0) is 23.9. The average molecular weight is 482 g/mol. The lowest BCUT2D eigenvalue weighted by Gasteiger charge is -2.09. The third-order valence-corrected chi connectivity index (χ3v) is 7.43. The van der Waals surface area contributed by atoms with Gasteiger partial charge in [-0.05, 0) is 42.0 Å². The summed E-state index contributed by atoms with van der Waals surface area (Å²) in [6.07, 6.45) is 8.87. The molecular weight excluding hydrogens is 458 g/mol. The van der Waals surface area contributed by atoms with Crippen molar-refractivity contribution in [2.24, 2.45) is 0 Å². The molecule has 0 spiro atoms. The number of hydrogen-bond acceptors (Lipinski definition) is 6. The van der Waals surface area contributed by atoms with Gasteiger partial charge in [0, 0.05) is 35.2 Å². The molecule has 35 heavy (non-hydrogen) atoms. The van der Waals surface area contributed by atoms with E-state index in [2.05, 4.69) is 61.7 Å². The van der Waals surface area contributed by atoms with Crippen molar-refractivity contribution in [3.05, 3.63) is 65.5 Å². The highest BCUT2D eigenvalue weighted by molar-refractivity contribution is 8.03. The molecule has 174 valence electrons. The van der Waals surface area contributed by atoms with Crippen molar-refractivity contribution in [3.63, 3.8) is 0 Å². The maximum atomic E-state index is 11.8. The summed E-state index contributed by atoms with van der Waals surface area (Å²) < 4.78 is 0. The van der Waals surface area contributed by atoms with Gasteiger partial charge in [-0.3, -0.25) is 14.9 Å². The molecule has 0 fully saturated rings. The Morgan fingerprint density at radius 2 is 2.09 bits per heavy atom. The van der Waals surface area contributed by atoms with Crippen LogP contribution in [-0.2, 0) is 4.79 Å². The van der Waals surface area contributed by atoms with E-state index >= 15 is 0 Å². The van der Waals surface area contributed by atoms with E-state index < -0.39 is 0 Å². The van der Waals surface area contributed by atoms with Gasteiger partial charge in [-0.25, -0.2) is 9.97 Å². The van der Waals surface area contributed by atoms with Crippen LogP contribution in [-0.4, -0.2) is 36.0 Å². The highest BCUT2D eigenvalue weighted by Gasteiger charge is 2.22. The molecule has 8 nitrogen and oxygen atoms in total. The number of hydrogen-bond donors (Lipinski definition) is 3. The normalized spacial score (nSPS) is 15.6. The van der Waals surface area contributed by atoms with Crippen LogP contribution in [0.5, 0.6) is 0 Å². The fourth-order valence-corrected chi connectivity index (χ4v) is 5.52. The molecule has 5 aromatic rings. The minimum Gasteiger partial charge on any atom is -0.337 e. The predicted octanol–water partition coefficient (Wildman–Crippen LogP) is 5.99. The number of imidazole rings is 1. The molecule has 1 atom stereocenters. The van der Waals surface area contributed by atoms with Crippen molar-refractivity contribution < 1.29 is 4.79 Å². The van der Waals surface area contributed by atoms with Crippen molar-refractivity contribution in [2.45, 2.75) is 31.9 Å². The van der Waals surface area contributed by atoms with Gasteiger partial charge in [-0.15, -0.1) is 11.8 Å². The van der Waals surface area contributed by atoms with Gasteiger partial charge >= 0.3 is 0 Å². The topological polar surface area (TPSA) is 112 Å². The van der Waals surface area contributed by atoms with Crippen molar-refractivity contribution in [2.75, 3.05) is 5.32 Å². The molecule has 0 saturated carbocycles. The number of carbonyl (C=O) groups is 1. The molecule has 0 saturated heterocycles. The summed E-state index contributed by atoms with van der Waals surface area (Å²) >= 11 is 1.89. The van der Waals surface area contributed by atoms with Gasteiger partial charge in [-0.2, -0.15) is 5.10 Å². The lowest BCUT2D eigenvalue weighted by atomic mass is 10.1. The molecule has 4 aromatic heterocycles. The quantitative estimate of drug-likeness (QED) is 0.284. The number of para-hydroxylation sites is 1. The fourth-order valence-electron chi connectivity index (χ4n) is 4.37. The van der Waals surface area contributed by atoms with Crippen LogP contribution in [0.4, 0.5) is 5.69 Å². The van der Waals surface area contributed by atoms with Crippen LogP contribution >= 0.6 is 11.8 Å². The molecule has 1 aromatic carbocycles. The van der Waals surface area contributed by atoms with E-state index in [9.17, 15) is 4.79 Å². The summed E-state index contributed by atoms with van der Waals surface area (Å²) in [4.78, 5) is 30.4. The largest absolute Gasteiger partial charge is 0.337 e. The first kappa shape index (κ1) is 21.5. The van der Waals surface area contributed by atoms with E-state index in [4.69, 9.17) is 4.98 Å². The second kappa shape index (κ2) is 8.66. The first-order valence-corrected chi connectivity index (χ1v) is 12.4. The minimum absolute atomic E-state index is 0.0548. The number of fused-ring (bicyclic) bond motifs is 2. The highest BCUT2D eigenvalue weighted by Crippen LogP contribution is 2.45.